The molecule has 1 fully saturated rings. The molecule has 1 atom stereocenters. The van der Waals surface area contributed by atoms with E-state index in [1.807, 2.05) is 11.3 Å². The van der Waals surface area contributed by atoms with E-state index in [1.165, 1.54) is 37.4 Å². The summed E-state index contributed by atoms with van der Waals surface area (Å²) in [6, 6.07) is 4.78. The summed E-state index contributed by atoms with van der Waals surface area (Å²) in [5.41, 5.74) is 5.97. The van der Waals surface area contributed by atoms with Crippen molar-refractivity contribution in [2.24, 2.45) is 11.7 Å². The SMILES string of the molecule is CN(C)CC1CCN(C(CN)c2cccs2)CC1. The van der Waals surface area contributed by atoms with Crippen LogP contribution in [0.2, 0.25) is 0 Å². The predicted octanol–water partition coefficient (Wildman–Crippen LogP) is 2.02. The Labute approximate surface area is 115 Å². The molecule has 1 aliphatic rings. The van der Waals surface area contributed by atoms with Gasteiger partial charge < -0.3 is 10.6 Å². The standard InChI is InChI=1S/C14H25N3S/c1-16(2)11-12-5-7-17(8-6-12)13(10-15)14-4-3-9-18-14/h3-4,9,12-13H,5-8,10-11,15H2,1-2H3. The maximum Gasteiger partial charge on any atom is 0.0564 e. The van der Waals surface area contributed by atoms with E-state index in [2.05, 4.69) is 41.4 Å². The monoisotopic (exact) mass is 267 g/mol. The predicted molar refractivity (Wildman–Crippen MR) is 79.0 cm³/mol. The molecule has 0 saturated carbocycles. The minimum Gasteiger partial charge on any atom is -0.329 e. The van der Waals surface area contributed by atoms with E-state index in [9.17, 15) is 0 Å². The Morgan fingerprint density at radius 3 is 2.67 bits per heavy atom. The fraction of sp³-hybridized carbons (Fsp3) is 0.714. The summed E-state index contributed by atoms with van der Waals surface area (Å²) in [4.78, 5) is 6.29. The largest absolute Gasteiger partial charge is 0.329 e. The van der Waals surface area contributed by atoms with Crippen LogP contribution in [-0.2, 0) is 0 Å². The topological polar surface area (TPSA) is 32.5 Å². The Bertz CT molecular complexity index is 329. The maximum absolute atomic E-state index is 5.97. The van der Waals surface area contributed by atoms with Gasteiger partial charge in [0.1, 0.15) is 0 Å². The summed E-state index contributed by atoms with van der Waals surface area (Å²) in [7, 11) is 4.33. The second-order valence-electron chi connectivity index (χ2n) is 5.51. The average Bonchev–Trinajstić information content (AvgIpc) is 2.85. The highest BCUT2D eigenvalue weighted by Gasteiger charge is 2.25. The van der Waals surface area contributed by atoms with Gasteiger partial charge in [-0.15, -0.1) is 11.3 Å². The molecule has 0 radical (unpaired) electrons. The van der Waals surface area contributed by atoms with E-state index in [0.29, 0.717) is 6.04 Å². The van der Waals surface area contributed by atoms with Crippen molar-refractivity contribution in [1.29, 1.82) is 0 Å². The van der Waals surface area contributed by atoms with Gasteiger partial charge in [-0.3, -0.25) is 4.90 Å². The van der Waals surface area contributed by atoms with Crippen LogP contribution < -0.4 is 5.73 Å². The van der Waals surface area contributed by atoms with Gasteiger partial charge >= 0.3 is 0 Å². The molecule has 1 saturated heterocycles. The third-order valence-electron chi connectivity index (χ3n) is 3.81. The fourth-order valence-electron chi connectivity index (χ4n) is 2.89. The molecule has 0 aromatic carbocycles. The molecule has 2 rings (SSSR count). The molecule has 18 heavy (non-hydrogen) atoms. The first-order valence-corrected chi connectivity index (χ1v) is 7.71. The van der Waals surface area contributed by atoms with Crippen LogP contribution in [0.1, 0.15) is 23.8 Å². The maximum atomic E-state index is 5.97. The van der Waals surface area contributed by atoms with Gasteiger partial charge in [-0.05, 0) is 57.4 Å². The molecular weight excluding hydrogens is 242 g/mol. The van der Waals surface area contributed by atoms with Crippen LogP contribution in [0, 0.1) is 5.92 Å². The lowest BCUT2D eigenvalue weighted by Gasteiger charge is -2.37. The number of piperidine rings is 1. The van der Waals surface area contributed by atoms with Crippen molar-refractivity contribution in [2.75, 3.05) is 40.3 Å². The van der Waals surface area contributed by atoms with Crippen molar-refractivity contribution < 1.29 is 0 Å². The smallest absolute Gasteiger partial charge is 0.0564 e. The van der Waals surface area contributed by atoms with Crippen molar-refractivity contribution in [1.82, 2.24) is 9.80 Å². The summed E-state index contributed by atoms with van der Waals surface area (Å²) in [6.45, 7) is 4.34. The normalized spacial score (nSPS) is 20.4. The molecule has 0 spiro atoms. The van der Waals surface area contributed by atoms with Crippen LogP contribution >= 0.6 is 11.3 Å². The van der Waals surface area contributed by atoms with Crippen LogP contribution in [-0.4, -0.2) is 50.1 Å². The number of thiophene rings is 1. The van der Waals surface area contributed by atoms with Crippen LogP contribution in [0.15, 0.2) is 17.5 Å². The van der Waals surface area contributed by atoms with E-state index >= 15 is 0 Å². The first-order valence-electron chi connectivity index (χ1n) is 6.83. The summed E-state index contributed by atoms with van der Waals surface area (Å²) in [5, 5.41) is 2.15. The quantitative estimate of drug-likeness (QED) is 0.886. The van der Waals surface area contributed by atoms with Crippen LogP contribution in [0.4, 0.5) is 0 Å². The Kier molecular flexibility index (Phi) is 5.18. The van der Waals surface area contributed by atoms with Gasteiger partial charge in [0.05, 0.1) is 6.04 Å². The zero-order chi connectivity index (χ0) is 13.0. The molecular formula is C14H25N3S. The van der Waals surface area contributed by atoms with Crippen molar-refractivity contribution in [3.63, 3.8) is 0 Å². The molecule has 0 aliphatic carbocycles. The van der Waals surface area contributed by atoms with Gasteiger partial charge in [0.15, 0.2) is 0 Å². The van der Waals surface area contributed by atoms with Gasteiger partial charge in [-0.2, -0.15) is 0 Å². The van der Waals surface area contributed by atoms with Crippen molar-refractivity contribution in [2.45, 2.75) is 18.9 Å². The van der Waals surface area contributed by atoms with Crippen molar-refractivity contribution in [3.8, 4) is 0 Å². The Morgan fingerprint density at radius 2 is 2.17 bits per heavy atom. The molecule has 4 heteroatoms. The molecule has 1 aromatic heterocycles. The second-order valence-corrected chi connectivity index (χ2v) is 6.49. The lowest BCUT2D eigenvalue weighted by molar-refractivity contribution is 0.124. The van der Waals surface area contributed by atoms with Gasteiger partial charge in [0.2, 0.25) is 0 Å². The molecule has 2 N–H and O–H groups in total. The fourth-order valence-corrected chi connectivity index (χ4v) is 3.76. The summed E-state index contributed by atoms with van der Waals surface area (Å²) < 4.78 is 0. The molecule has 2 heterocycles. The Hall–Kier alpha value is -0.420. The van der Waals surface area contributed by atoms with Gasteiger partial charge in [0, 0.05) is 18.0 Å². The average molecular weight is 267 g/mol. The van der Waals surface area contributed by atoms with E-state index < -0.39 is 0 Å². The minimum absolute atomic E-state index is 0.435. The molecule has 0 bridgehead atoms. The van der Waals surface area contributed by atoms with E-state index in [-0.39, 0.29) is 0 Å². The van der Waals surface area contributed by atoms with Crippen LogP contribution in [0.3, 0.4) is 0 Å². The van der Waals surface area contributed by atoms with Gasteiger partial charge in [-0.25, -0.2) is 0 Å². The van der Waals surface area contributed by atoms with Crippen molar-refractivity contribution >= 4 is 11.3 Å². The van der Waals surface area contributed by atoms with Crippen molar-refractivity contribution in [3.05, 3.63) is 22.4 Å². The summed E-state index contributed by atoms with van der Waals surface area (Å²) >= 11 is 1.83. The van der Waals surface area contributed by atoms with Crippen LogP contribution in [0.5, 0.6) is 0 Å². The Morgan fingerprint density at radius 1 is 1.44 bits per heavy atom. The molecule has 1 aromatic rings. The summed E-state index contributed by atoms with van der Waals surface area (Å²) in [5.74, 6) is 0.859. The highest BCUT2D eigenvalue weighted by atomic mass is 32.1. The summed E-state index contributed by atoms with van der Waals surface area (Å²) in [6.07, 6.45) is 2.61. The number of nitrogens with zero attached hydrogens (tertiary/aromatic N) is 2. The molecule has 1 aliphatic heterocycles. The Balaban J connectivity index is 1.88. The number of hydrogen-bond donors (Lipinski definition) is 1. The lowest BCUT2D eigenvalue weighted by atomic mass is 9.95. The first-order chi connectivity index (χ1) is 8.70. The molecule has 3 nitrogen and oxygen atoms in total. The highest BCUT2D eigenvalue weighted by Crippen LogP contribution is 2.28. The lowest BCUT2D eigenvalue weighted by Crippen LogP contribution is -2.41. The zero-order valence-electron chi connectivity index (χ0n) is 11.5. The minimum atomic E-state index is 0.435. The number of hydrogen-bond acceptors (Lipinski definition) is 4. The van der Waals surface area contributed by atoms with E-state index in [1.54, 1.807) is 0 Å². The number of likely N-dealkylation sites (tertiary alicyclic amines) is 1. The third-order valence-corrected chi connectivity index (χ3v) is 4.78. The van der Waals surface area contributed by atoms with Gasteiger partial charge in [0.25, 0.3) is 0 Å². The number of nitrogens with two attached hydrogens (primary N) is 1. The first kappa shape index (κ1) is 14.0. The highest BCUT2D eigenvalue weighted by molar-refractivity contribution is 7.10. The molecule has 102 valence electrons. The van der Waals surface area contributed by atoms with E-state index in [4.69, 9.17) is 5.73 Å². The van der Waals surface area contributed by atoms with E-state index in [0.717, 1.165) is 12.5 Å². The zero-order valence-corrected chi connectivity index (χ0v) is 12.3. The number of rotatable bonds is 5. The van der Waals surface area contributed by atoms with Crippen LogP contribution in [0.25, 0.3) is 0 Å². The molecule has 1 unspecified atom stereocenters. The third kappa shape index (κ3) is 3.54. The van der Waals surface area contributed by atoms with Gasteiger partial charge in [-0.1, -0.05) is 6.07 Å². The second kappa shape index (κ2) is 6.66. The molecule has 0 amide bonds.